The molecule has 6 nitrogen and oxygen atoms in total. The highest BCUT2D eigenvalue weighted by Gasteiger charge is 2.08. The number of amides is 3. The van der Waals surface area contributed by atoms with Crippen molar-refractivity contribution in [3.05, 3.63) is 46.5 Å². The molecule has 0 saturated carbocycles. The number of aromatic nitrogens is 1. The van der Waals surface area contributed by atoms with Gasteiger partial charge >= 0.3 is 6.03 Å². The molecular weight excluding hydrogens is 312 g/mol. The lowest BCUT2D eigenvalue weighted by atomic mass is 10.1. The molecule has 0 fully saturated rings. The fourth-order valence-corrected chi connectivity index (χ4v) is 2.65. The zero-order valence-corrected chi connectivity index (χ0v) is 14.2. The van der Waals surface area contributed by atoms with Crippen molar-refractivity contribution in [1.82, 2.24) is 15.2 Å². The van der Waals surface area contributed by atoms with Crippen LogP contribution in [0.4, 0.5) is 9.93 Å². The van der Waals surface area contributed by atoms with Gasteiger partial charge in [0.1, 0.15) is 0 Å². The van der Waals surface area contributed by atoms with Crippen LogP contribution in [-0.4, -0.2) is 42.5 Å². The number of nitrogens with zero attached hydrogens (tertiary/aromatic N) is 2. The van der Waals surface area contributed by atoms with Crippen LogP contribution in [0.1, 0.15) is 20.8 Å². The van der Waals surface area contributed by atoms with Crippen molar-refractivity contribution in [2.45, 2.75) is 13.3 Å². The van der Waals surface area contributed by atoms with Gasteiger partial charge < -0.3 is 10.2 Å². The van der Waals surface area contributed by atoms with Crippen LogP contribution in [-0.2, 0) is 6.42 Å². The van der Waals surface area contributed by atoms with Gasteiger partial charge in [-0.3, -0.25) is 10.1 Å². The van der Waals surface area contributed by atoms with Crippen LogP contribution in [0.5, 0.6) is 0 Å². The van der Waals surface area contributed by atoms with Crippen LogP contribution in [0.15, 0.2) is 30.5 Å². The molecule has 0 radical (unpaired) electrons. The molecule has 7 heteroatoms. The van der Waals surface area contributed by atoms with Gasteiger partial charge in [0.05, 0.1) is 0 Å². The lowest BCUT2D eigenvalue weighted by Gasteiger charge is -2.11. The molecule has 1 aromatic heterocycles. The Morgan fingerprint density at radius 1 is 1.30 bits per heavy atom. The highest BCUT2D eigenvalue weighted by Crippen LogP contribution is 2.16. The van der Waals surface area contributed by atoms with Gasteiger partial charge in [-0.25, -0.2) is 9.78 Å². The topological polar surface area (TPSA) is 74.3 Å². The van der Waals surface area contributed by atoms with Crippen LogP contribution >= 0.6 is 11.3 Å². The quantitative estimate of drug-likeness (QED) is 0.883. The summed E-state index contributed by atoms with van der Waals surface area (Å²) in [5, 5.41) is 6.05. The number of anilines is 1. The normalized spacial score (nSPS) is 10.2. The predicted molar refractivity (Wildman–Crippen MR) is 92.0 cm³/mol. The van der Waals surface area contributed by atoms with Gasteiger partial charge in [0.2, 0.25) is 0 Å². The third kappa shape index (κ3) is 5.07. The highest BCUT2D eigenvalue weighted by atomic mass is 32.1. The second kappa shape index (κ2) is 7.73. The van der Waals surface area contributed by atoms with Crippen LogP contribution in [0, 0.1) is 6.92 Å². The van der Waals surface area contributed by atoms with Crippen LogP contribution in [0.25, 0.3) is 0 Å². The average Bonchev–Trinajstić information content (AvgIpc) is 2.91. The van der Waals surface area contributed by atoms with Crippen molar-refractivity contribution in [3.63, 3.8) is 0 Å². The van der Waals surface area contributed by atoms with Crippen LogP contribution in [0.3, 0.4) is 0 Å². The summed E-state index contributed by atoms with van der Waals surface area (Å²) in [7, 11) is 3.45. The number of aryl methyl sites for hydroxylation is 1. The summed E-state index contributed by atoms with van der Waals surface area (Å²) in [6.45, 7) is 2.42. The SMILES string of the molecule is Cc1cnc(NC(=O)NCCc2cccc(C(=O)N(C)C)c2)s1. The summed E-state index contributed by atoms with van der Waals surface area (Å²) in [5.74, 6) is -0.0308. The third-order valence-electron chi connectivity index (χ3n) is 3.12. The lowest BCUT2D eigenvalue weighted by Crippen LogP contribution is -2.30. The Morgan fingerprint density at radius 2 is 2.09 bits per heavy atom. The zero-order valence-electron chi connectivity index (χ0n) is 13.4. The first-order valence-electron chi connectivity index (χ1n) is 7.23. The van der Waals surface area contributed by atoms with Crippen LogP contribution < -0.4 is 10.6 Å². The molecule has 122 valence electrons. The maximum Gasteiger partial charge on any atom is 0.321 e. The summed E-state index contributed by atoms with van der Waals surface area (Å²) < 4.78 is 0. The maximum absolute atomic E-state index is 11.9. The van der Waals surface area contributed by atoms with Gasteiger partial charge in [0.25, 0.3) is 5.91 Å². The summed E-state index contributed by atoms with van der Waals surface area (Å²) in [4.78, 5) is 30.3. The smallest absolute Gasteiger partial charge is 0.321 e. The van der Waals surface area contributed by atoms with Crippen molar-refractivity contribution in [2.75, 3.05) is 26.0 Å². The minimum atomic E-state index is -0.278. The number of nitrogens with one attached hydrogen (secondary N) is 2. The van der Waals surface area contributed by atoms with Crippen LogP contribution in [0.2, 0.25) is 0 Å². The van der Waals surface area contributed by atoms with E-state index in [9.17, 15) is 9.59 Å². The lowest BCUT2D eigenvalue weighted by molar-refractivity contribution is 0.0827. The largest absolute Gasteiger partial charge is 0.345 e. The molecule has 2 aromatic rings. The standard InChI is InChI=1S/C16H20N4O2S/c1-11-10-18-16(23-11)19-15(22)17-8-7-12-5-4-6-13(9-12)14(21)20(2)3/h4-6,9-10H,7-8H2,1-3H3,(H2,17,18,19,22). The zero-order chi connectivity index (χ0) is 16.8. The molecule has 2 rings (SSSR count). The molecule has 0 atom stereocenters. The summed E-state index contributed by atoms with van der Waals surface area (Å²) >= 11 is 1.43. The van der Waals surface area contributed by atoms with Crippen molar-refractivity contribution in [2.24, 2.45) is 0 Å². The number of urea groups is 1. The molecule has 0 unspecified atom stereocenters. The summed E-state index contributed by atoms with van der Waals surface area (Å²) in [5.41, 5.74) is 1.65. The van der Waals surface area contributed by atoms with Gasteiger partial charge in [0.15, 0.2) is 5.13 Å². The molecule has 0 aliphatic carbocycles. The van der Waals surface area contributed by atoms with E-state index in [0.717, 1.165) is 10.4 Å². The molecule has 3 amide bonds. The Morgan fingerprint density at radius 3 is 2.74 bits per heavy atom. The van der Waals surface area contributed by atoms with Crippen molar-refractivity contribution < 1.29 is 9.59 Å². The maximum atomic E-state index is 11.9. The van der Waals surface area contributed by atoms with E-state index in [4.69, 9.17) is 0 Å². The van der Waals surface area contributed by atoms with Crippen molar-refractivity contribution >= 4 is 28.4 Å². The van der Waals surface area contributed by atoms with E-state index in [1.807, 2.05) is 25.1 Å². The first-order chi connectivity index (χ1) is 11.0. The summed E-state index contributed by atoms with van der Waals surface area (Å²) in [6.07, 6.45) is 2.37. The Hall–Kier alpha value is -2.41. The Labute approximate surface area is 139 Å². The van der Waals surface area contributed by atoms with E-state index < -0.39 is 0 Å². The molecule has 2 N–H and O–H groups in total. The number of carbonyl (C=O) groups excluding carboxylic acids is 2. The van der Waals surface area contributed by atoms with E-state index in [1.54, 1.807) is 31.3 Å². The van der Waals surface area contributed by atoms with E-state index >= 15 is 0 Å². The Balaban J connectivity index is 1.83. The second-order valence-corrected chi connectivity index (χ2v) is 6.54. The molecule has 0 spiro atoms. The summed E-state index contributed by atoms with van der Waals surface area (Å²) in [6, 6.07) is 7.16. The Bertz CT molecular complexity index is 697. The van der Waals surface area contributed by atoms with E-state index in [0.29, 0.717) is 23.7 Å². The minimum Gasteiger partial charge on any atom is -0.345 e. The molecule has 0 bridgehead atoms. The first kappa shape index (κ1) is 17.0. The Kier molecular flexibility index (Phi) is 5.70. The molecule has 0 saturated heterocycles. The minimum absolute atomic E-state index is 0.0308. The first-order valence-corrected chi connectivity index (χ1v) is 8.05. The number of benzene rings is 1. The third-order valence-corrected chi connectivity index (χ3v) is 3.95. The monoisotopic (exact) mass is 332 g/mol. The fraction of sp³-hybridized carbons (Fsp3) is 0.312. The molecule has 1 aromatic carbocycles. The molecular formula is C16H20N4O2S. The number of hydrogen-bond acceptors (Lipinski definition) is 4. The molecule has 23 heavy (non-hydrogen) atoms. The van der Waals surface area contributed by atoms with Gasteiger partial charge in [-0.15, -0.1) is 11.3 Å². The molecule has 0 aliphatic heterocycles. The molecule has 1 heterocycles. The van der Waals surface area contributed by atoms with Gasteiger partial charge in [-0.1, -0.05) is 12.1 Å². The van der Waals surface area contributed by atoms with Gasteiger partial charge in [-0.2, -0.15) is 0 Å². The second-order valence-electron chi connectivity index (χ2n) is 5.31. The van der Waals surface area contributed by atoms with E-state index in [-0.39, 0.29) is 11.9 Å². The van der Waals surface area contributed by atoms with Crippen molar-refractivity contribution in [1.29, 1.82) is 0 Å². The number of thiazole rings is 1. The average molecular weight is 332 g/mol. The van der Waals surface area contributed by atoms with E-state index in [1.165, 1.54) is 11.3 Å². The molecule has 0 aliphatic rings. The van der Waals surface area contributed by atoms with Gasteiger partial charge in [0, 0.05) is 37.3 Å². The number of carbonyl (C=O) groups is 2. The fourth-order valence-electron chi connectivity index (χ4n) is 1.99. The number of hydrogen-bond donors (Lipinski definition) is 2. The highest BCUT2D eigenvalue weighted by molar-refractivity contribution is 7.15. The predicted octanol–water partition coefficient (Wildman–Crippen LogP) is 2.52. The van der Waals surface area contributed by atoms with Crippen molar-refractivity contribution in [3.8, 4) is 0 Å². The van der Waals surface area contributed by atoms with Gasteiger partial charge in [-0.05, 0) is 31.0 Å². The van der Waals surface area contributed by atoms with E-state index in [2.05, 4.69) is 15.6 Å². The number of rotatable bonds is 5.